The van der Waals surface area contributed by atoms with E-state index in [2.05, 4.69) is 60.8 Å². The maximum absolute atomic E-state index is 6.02. The van der Waals surface area contributed by atoms with Crippen LogP contribution in [-0.4, -0.2) is 33.8 Å². The van der Waals surface area contributed by atoms with E-state index >= 15 is 0 Å². The number of benzene rings is 2. The summed E-state index contributed by atoms with van der Waals surface area (Å²) in [7, 11) is 4.07. The first kappa shape index (κ1) is 21.2. The fourth-order valence-corrected chi connectivity index (χ4v) is 5.77. The first-order valence-corrected chi connectivity index (χ1v) is 12.7. The number of halogens is 1. The monoisotopic (exact) mass is 495 g/mol. The molecule has 0 bridgehead atoms. The summed E-state index contributed by atoms with van der Waals surface area (Å²) >= 11 is 10.8. The third-order valence-electron chi connectivity index (χ3n) is 4.80. The first-order valence-electron chi connectivity index (χ1n) is 9.75. The van der Waals surface area contributed by atoms with E-state index in [1.165, 1.54) is 11.8 Å². The van der Waals surface area contributed by atoms with Gasteiger partial charge in [0.2, 0.25) is 5.16 Å². The van der Waals surface area contributed by atoms with E-state index < -0.39 is 0 Å². The van der Waals surface area contributed by atoms with Crippen molar-refractivity contribution in [1.29, 1.82) is 0 Å². The molecule has 2 aromatic carbocycles. The van der Waals surface area contributed by atoms with Gasteiger partial charge in [0.15, 0.2) is 10.2 Å². The van der Waals surface area contributed by atoms with Crippen molar-refractivity contribution < 1.29 is 0 Å². The topological polar surface area (TPSA) is 46.8 Å². The Morgan fingerprint density at radius 1 is 0.938 bits per heavy atom. The van der Waals surface area contributed by atoms with Crippen molar-refractivity contribution in [3.8, 4) is 27.6 Å². The third-order valence-corrected chi connectivity index (χ3v) is 7.80. The predicted molar refractivity (Wildman–Crippen MR) is 136 cm³/mol. The number of hydrogen-bond acceptors (Lipinski definition) is 7. The average molecular weight is 496 g/mol. The van der Waals surface area contributed by atoms with Gasteiger partial charge in [0.05, 0.1) is 10.6 Å². The zero-order chi connectivity index (χ0) is 22.1. The van der Waals surface area contributed by atoms with Crippen molar-refractivity contribution in [2.75, 3.05) is 19.0 Å². The van der Waals surface area contributed by atoms with E-state index in [1.807, 2.05) is 44.4 Å². The van der Waals surface area contributed by atoms with Gasteiger partial charge in [-0.15, -0.1) is 32.9 Å². The minimum Gasteiger partial charge on any atom is -0.378 e. The normalized spacial score (nSPS) is 11.1. The molecule has 32 heavy (non-hydrogen) atoms. The van der Waals surface area contributed by atoms with E-state index in [-0.39, 0.29) is 0 Å². The van der Waals surface area contributed by atoms with E-state index in [0.717, 1.165) is 42.8 Å². The molecule has 0 aliphatic carbocycles. The van der Waals surface area contributed by atoms with Gasteiger partial charge < -0.3 is 4.90 Å². The zero-order valence-corrected chi connectivity index (χ0v) is 20.5. The Morgan fingerprint density at radius 3 is 2.41 bits per heavy atom. The molecule has 0 aliphatic rings. The minimum atomic E-state index is 0.716. The maximum atomic E-state index is 6.02. The molecule has 0 aliphatic heterocycles. The molecule has 0 fully saturated rings. The highest BCUT2D eigenvalue weighted by molar-refractivity contribution is 8.00. The summed E-state index contributed by atoms with van der Waals surface area (Å²) in [6, 6.07) is 20.2. The van der Waals surface area contributed by atoms with Crippen molar-refractivity contribution in [3.05, 3.63) is 76.4 Å². The van der Waals surface area contributed by atoms with Crippen LogP contribution in [0.15, 0.2) is 80.9 Å². The van der Waals surface area contributed by atoms with Crippen molar-refractivity contribution in [2.24, 2.45) is 0 Å². The maximum Gasteiger partial charge on any atom is 0.203 e. The number of anilines is 1. The summed E-state index contributed by atoms with van der Waals surface area (Å²) in [6.45, 7) is 0. The number of thiazole rings is 1. The van der Waals surface area contributed by atoms with Gasteiger partial charge in [-0.05, 0) is 59.6 Å². The molecule has 3 heterocycles. The number of aromatic nitrogens is 4. The van der Waals surface area contributed by atoms with Crippen molar-refractivity contribution in [1.82, 2.24) is 19.7 Å². The SMILES string of the molecule is CN(C)c1ccc(-n2c(Sc3nc(-c4ccc(Cl)cc4)cs3)nnc2-c2cccs2)cc1. The molecular formula is C23H18ClN5S3. The highest BCUT2D eigenvalue weighted by atomic mass is 35.5. The van der Waals surface area contributed by atoms with Crippen molar-refractivity contribution in [3.63, 3.8) is 0 Å². The Labute approximate surface area is 203 Å². The molecule has 0 saturated heterocycles. The molecule has 0 unspecified atom stereocenters. The van der Waals surface area contributed by atoms with Gasteiger partial charge in [0, 0.05) is 41.4 Å². The second-order valence-electron chi connectivity index (χ2n) is 7.14. The second-order valence-corrected chi connectivity index (χ2v) is 10.6. The summed E-state index contributed by atoms with van der Waals surface area (Å²) < 4.78 is 3.01. The van der Waals surface area contributed by atoms with E-state index in [0.29, 0.717) is 5.02 Å². The lowest BCUT2D eigenvalue weighted by Crippen LogP contribution is -2.08. The van der Waals surface area contributed by atoms with E-state index in [9.17, 15) is 0 Å². The Balaban J connectivity index is 1.51. The van der Waals surface area contributed by atoms with E-state index in [4.69, 9.17) is 16.6 Å². The average Bonchev–Trinajstić information content (AvgIpc) is 3.56. The van der Waals surface area contributed by atoms with Crippen LogP contribution in [-0.2, 0) is 0 Å². The van der Waals surface area contributed by atoms with Crippen LogP contribution in [0, 0.1) is 0 Å². The lowest BCUT2D eigenvalue weighted by atomic mass is 10.2. The molecule has 5 aromatic rings. The van der Waals surface area contributed by atoms with Crippen LogP contribution >= 0.6 is 46.0 Å². The molecule has 0 amide bonds. The summed E-state index contributed by atoms with van der Waals surface area (Å²) in [5, 5.41) is 14.6. The molecule has 3 aromatic heterocycles. The molecule has 0 saturated carbocycles. The Bertz CT molecular complexity index is 1320. The van der Waals surface area contributed by atoms with Gasteiger partial charge in [-0.1, -0.05) is 29.8 Å². The highest BCUT2D eigenvalue weighted by Gasteiger charge is 2.19. The van der Waals surface area contributed by atoms with Crippen LogP contribution in [0.3, 0.4) is 0 Å². The van der Waals surface area contributed by atoms with Crippen molar-refractivity contribution >= 4 is 51.7 Å². The van der Waals surface area contributed by atoms with Gasteiger partial charge in [-0.25, -0.2) is 4.98 Å². The molecule has 9 heteroatoms. The molecule has 0 spiro atoms. The fraction of sp³-hybridized carbons (Fsp3) is 0.0870. The summed E-state index contributed by atoms with van der Waals surface area (Å²) in [5.41, 5.74) is 4.12. The van der Waals surface area contributed by atoms with Crippen LogP contribution in [0.2, 0.25) is 5.02 Å². The summed E-state index contributed by atoms with van der Waals surface area (Å²) in [4.78, 5) is 7.96. The van der Waals surface area contributed by atoms with Gasteiger partial charge in [-0.3, -0.25) is 4.57 Å². The lowest BCUT2D eigenvalue weighted by molar-refractivity contribution is 0.885. The molecule has 160 valence electrons. The number of hydrogen-bond donors (Lipinski definition) is 0. The molecule has 5 nitrogen and oxygen atoms in total. The first-order chi connectivity index (χ1) is 15.6. The molecule has 0 N–H and O–H groups in total. The van der Waals surface area contributed by atoms with Crippen molar-refractivity contribution in [2.45, 2.75) is 9.50 Å². The molecular weight excluding hydrogens is 478 g/mol. The Morgan fingerprint density at radius 2 is 1.72 bits per heavy atom. The highest BCUT2D eigenvalue weighted by Crippen LogP contribution is 2.36. The zero-order valence-electron chi connectivity index (χ0n) is 17.3. The largest absolute Gasteiger partial charge is 0.378 e. The second kappa shape index (κ2) is 9.07. The smallest absolute Gasteiger partial charge is 0.203 e. The van der Waals surface area contributed by atoms with Gasteiger partial charge >= 0.3 is 0 Å². The molecule has 0 atom stereocenters. The number of nitrogens with zero attached hydrogens (tertiary/aromatic N) is 5. The summed E-state index contributed by atoms with van der Waals surface area (Å²) in [6.07, 6.45) is 0. The fourth-order valence-electron chi connectivity index (χ4n) is 3.17. The molecule has 0 radical (unpaired) electrons. The Hall–Kier alpha value is -2.65. The van der Waals surface area contributed by atoms with Crippen LogP contribution in [0.1, 0.15) is 0 Å². The number of rotatable bonds is 6. The standard InChI is InChI=1S/C23H18ClN5S3/c1-28(2)17-9-11-18(12-10-17)29-21(20-4-3-13-30-20)26-27-22(29)32-23-25-19(14-31-23)15-5-7-16(24)8-6-15/h3-14H,1-2H3. The summed E-state index contributed by atoms with van der Waals surface area (Å²) in [5.74, 6) is 0.828. The Kier molecular flexibility index (Phi) is 6.01. The van der Waals surface area contributed by atoms with Gasteiger partial charge in [0.25, 0.3) is 0 Å². The third kappa shape index (κ3) is 4.31. The van der Waals surface area contributed by atoms with Gasteiger partial charge in [0.1, 0.15) is 0 Å². The van der Waals surface area contributed by atoms with Crippen LogP contribution < -0.4 is 4.90 Å². The number of thiophene rings is 1. The van der Waals surface area contributed by atoms with E-state index in [1.54, 1.807) is 22.7 Å². The lowest BCUT2D eigenvalue weighted by Gasteiger charge is -2.14. The van der Waals surface area contributed by atoms with Crippen LogP contribution in [0.5, 0.6) is 0 Å². The predicted octanol–water partition coefficient (Wildman–Crippen LogP) is 6.99. The van der Waals surface area contributed by atoms with Crippen LogP contribution in [0.4, 0.5) is 5.69 Å². The minimum absolute atomic E-state index is 0.716. The van der Waals surface area contributed by atoms with Crippen LogP contribution in [0.25, 0.3) is 27.6 Å². The molecule has 5 rings (SSSR count). The quantitative estimate of drug-likeness (QED) is 0.254. The van der Waals surface area contributed by atoms with Gasteiger partial charge in [-0.2, -0.15) is 0 Å².